The van der Waals surface area contributed by atoms with Crippen LogP contribution in [0.4, 0.5) is 4.39 Å². The van der Waals surface area contributed by atoms with Gasteiger partial charge in [-0.1, -0.05) is 0 Å². The van der Waals surface area contributed by atoms with Crippen molar-refractivity contribution in [2.45, 2.75) is 6.92 Å². The maximum absolute atomic E-state index is 14.0. The van der Waals surface area contributed by atoms with Gasteiger partial charge in [0.15, 0.2) is 5.78 Å². The molecule has 4 heteroatoms. The van der Waals surface area contributed by atoms with Crippen molar-refractivity contribution < 1.29 is 9.18 Å². The van der Waals surface area contributed by atoms with Gasteiger partial charge in [0, 0.05) is 34.4 Å². The van der Waals surface area contributed by atoms with Gasteiger partial charge in [-0.3, -0.25) is 9.78 Å². The van der Waals surface area contributed by atoms with Crippen LogP contribution in [0.25, 0.3) is 22.2 Å². The molecule has 0 spiro atoms. The molecule has 1 aromatic carbocycles. The molecule has 0 saturated heterocycles. The first kappa shape index (κ1) is 11.6. The number of pyridine rings is 1. The molecule has 0 amide bonds. The van der Waals surface area contributed by atoms with Crippen LogP contribution in [0, 0.1) is 5.82 Å². The minimum atomic E-state index is -0.335. The van der Waals surface area contributed by atoms with Crippen LogP contribution >= 0.6 is 0 Å². The summed E-state index contributed by atoms with van der Waals surface area (Å²) in [6, 6.07) is 8.39. The largest absolute Gasteiger partial charge is 0.361 e. The first-order valence-corrected chi connectivity index (χ1v) is 5.89. The number of H-pyrrole nitrogens is 1. The molecule has 0 fully saturated rings. The first-order chi connectivity index (χ1) is 9.15. The summed E-state index contributed by atoms with van der Waals surface area (Å²) in [5.74, 6) is -0.390. The predicted octanol–water partition coefficient (Wildman–Crippen LogP) is 3.57. The van der Waals surface area contributed by atoms with Crippen molar-refractivity contribution in [3.63, 3.8) is 0 Å². The standard InChI is InChI=1S/C15H11FN2O/c1-9(19)11-2-3-14(18-8-11)12-6-10-4-5-17-15(10)7-13(12)16/h2-8,17H,1H3. The van der Waals surface area contributed by atoms with Crippen molar-refractivity contribution in [1.82, 2.24) is 9.97 Å². The maximum Gasteiger partial charge on any atom is 0.161 e. The Hall–Kier alpha value is -2.49. The van der Waals surface area contributed by atoms with Gasteiger partial charge in [0.25, 0.3) is 0 Å². The van der Waals surface area contributed by atoms with Gasteiger partial charge >= 0.3 is 0 Å². The fraction of sp³-hybridized carbons (Fsp3) is 0.0667. The second-order valence-corrected chi connectivity index (χ2v) is 4.39. The number of rotatable bonds is 2. The number of hydrogen-bond acceptors (Lipinski definition) is 2. The second kappa shape index (κ2) is 4.31. The molecule has 2 aromatic heterocycles. The van der Waals surface area contributed by atoms with E-state index in [0.29, 0.717) is 16.8 Å². The lowest BCUT2D eigenvalue weighted by Crippen LogP contribution is -1.94. The van der Waals surface area contributed by atoms with E-state index >= 15 is 0 Å². The molecule has 1 N–H and O–H groups in total. The molecule has 0 unspecified atom stereocenters. The smallest absolute Gasteiger partial charge is 0.161 e. The topological polar surface area (TPSA) is 45.8 Å². The Morgan fingerprint density at radius 2 is 2.11 bits per heavy atom. The number of nitrogens with one attached hydrogen (secondary N) is 1. The van der Waals surface area contributed by atoms with Gasteiger partial charge in [-0.25, -0.2) is 4.39 Å². The third-order valence-corrected chi connectivity index (χ3v) is 3.09. The molecule has 3 rings (SSSR count). The fourth-order valence-corrected chi connectivity index (χ4v) is 2.03. The highest BCUT2D eigenvalue weighted by atomic mass is 19.1. The number of aromatic nitrogens is 2. The zero-order chi connectivity index (χ0) is 13.4. The molecule has 0 bridgehead atoms. The third kappa shape index (κ3) is 2.01. The molecule has 0 aliphatic rings. The van der Waals surface area contributed by atoms with E-state index in [1.807, 2.05) is 6.07 Å². The Morgan fingerprint density at radius 1 is 1.26 bits per heavy atom. The summed E-state index contributed by atoms with van der Waals surface area (Å²) in [5, 5.41) is 0.925. The minimum absolute atomic E-state index is 0.0550. The second-order valence-electron chi connectivity index (χ2n) is 4.39. The van der Waals surface area contributed by atoms with Crippen molar-refractivity contribution in [2.75, 3.05) is 0 Å². The summed E-state index contributed by atoms with van der Waals surface area (Å²) in [6.07, 6.45) is 3.23. The summed E-state index contributed by atoms with van der Waals surface area (Å²) >= 11 is 0. The van der Waals surface area contributed by atoms with E-state index in [-0.39, 0.29) is 11.6 Å². The van der Waals surface area contributed by atoms with Crippen LogP contribution in [0.3, 0.4) is 0 Å². The summed E-state index contributed by atoms with van der Waals surface area (Å²) in [6.45, 7) is 1.48. The lowest BCUT2D eigenvalue weighted by atomic mass is 10.1. The Bertz CT molecular complexity index is 759. The molecule has 0 aliphatic heterocycles. The summed E-state index contributed by atoms with van der Waals surface area (Å²) < 4.78 is 14.0. The van der Waals surface area contributed by atoms with Crippen LogP contribution in [0.1, 0.15) is 17.3 Å². The number of Topliss-reactive ketones (excluding diaryl/α,β-unsaturated/α-hetero) is 1. The molecular weight excluding hydrogens is 243 g/mol. The predicted molar refractivity (Wildman–Crippen MR) is 71.5 cm³/mol. The Labute approximate surface area is 109 Å². The normalized spacial score (nSPS) is 10.8. The lowest BCUT2D eigenvalue weighted by Gasteiger charge is -2.04. The number of fused-ring (bicyclic) bond motifs is 1. The van der Waals surface area contributed by atoms with Gasteiger partial charge in [-0.2, -0.15) is 0 Å². The van der Waals surface area contributed by atoms with E-state index < -0.39 is 0 Å². The average molecular weight is 254 g/mol. The number of hydrogen-bond donors (Lipinski definition) is 1. The maximum atomic E-state index is 14.0. The van der Waals surface area contributed by atoms with Crippen LogP contribution in [-0.2, 0) is 0 Å². The zero-order valence-electron chi connectivity index (χ0n) is 10.3. The van der Waals surface area contributed by atoms with E-state index in [9.17, 15) is 9.18 Å². The number of halogens is 1. The molecule has 0 radical (unpaired) electrons. The van der Waals surface area contributed by atoms with Gasteiger partial charge in [0.2, 0.25) is 0 Å². The molecule has 94 valence electrons. The highest BCUT2D eigenvalue weighted by molar-refractivity contribution is 5.94. The molecule has 3 nitrogen and oxygen atoms in total. The van der Waals surface area contributed by atoms with E-state index in [2.05, 4.69) is 9.97 Å². The number of aromatic amines is 1. The van der Waals surface area contributed by atoms with Gasteiger partial charge in [0.05, 0.1) is 5.69 Å². The summed E-state index contributed by atoms with van der Waals surface area (Å²) in [7, 11) is 0. The number of benzene rings is 1. The Morgan fingerprint density at radius 3 is 2.79 bits per heavy atom. The fourth-order valence-electron chi connectivity index (χ4n) is 2.03. The highest BCUT2D eigenvalue weighted by Gasteiger charge is 2.09. The molecule has 19 heavy (non-hydrogen) atoms. The Kier molecular flexibility index (Phi) is 2.63. The molecular formula is C15H11FN2O. The number of carbonyl (C=O) groups is 1. The number of ketones is 1. The van der Waals surface area contributed by atoms with Crippen molar-refractivity contribution in [3.05, 3.63) is 54.1 Å². The molecule has 2 heterocycles. The quantitative estimate of drug-likeness (QED) is 0.710. The van der Waals surface area contributed by atoms with Crippen LogP contribution in [0.5, 0.6) is 0 Å². The van der Waals surface area contributed by atoms with Crippen LogP contribution in [0.15, 0.2) is 42.7 Å². The molecule has 0 atom stereocenters. The van der Waals surface area contributed by atoms with Crippen molar-refractivity contribution in [2.24, 2.45) is 0 Å². The van der Waals surface area contributed by atoms with Gasteiger partial charge in [-0.05, 0) is 37.3 Å². The number of nitrogens with zero attached hydrogens (tertiary/aromatic N) is 1. The van der Waals surface area contributed by atoms with Crippen molar-refractivity contribution in [3.8, 4) is 11.3 Å². The van der Waals surface area contributed by atoms with Crippen LogP contribution in [0.2, 0.25) is 0 Å². The average Bonchev–Trinajstić information content (AvgIpc) is 2.85. The van der Waals surface area contributed by atoms with Crippen LogP contribution in [-0.4, -0.2) is 15.8 Å². The van der Waals surface area contributed by atoms with Gasteiger partial charge in [-0.15, -0.1) is 0 Å². The molecule has 0 aliphatic carbocycles. The van der Waals surface area contributed by atoms with Crippen molar-refractivity contribution >= 4 is 16.7 Å². The monoisotopic (exact) mass is 254 g/mol. The van der Waals surface area contributed by atoms with E-state index in [1.54, 1.807) is 24.4 Å². The first-order valence-electron chi connectivity index (χ1n) is 5.89. The molecule has 3 aromatic rings. The summed E-state index contributed by atoms with van der Waals surface area (Å²) in [4.78, 5) is 18.3. The lowest BCUT2D eigenvalue weighted by molar-refractivity contribution is 0.101. The van der Waals surface area contributed by atoms with Crippen molar-refractivity contribution in [1.29, 1.82) is 0 Å². The van der Waals surface area contributed by atoms with E-state index in [0.717, 1.165) is 10.9 Å². The third-order valence-electron chi connectivity index (χ3n) is 3.09. The van der Waals surface area contributed by atoms with E-state index in [1.165, 1.54) is 19.2 Å². The summed E-state index contributed by atoms with van der Waals surface area (Å²) in [5.41, 5.74) is 2.22. The molecule has 0 saturated carbocycles. The van der Waals surface area contributed by atoms with Gasteiger partial charge < -0.3 is 4.98 Å². The van der Waals surface area contributed by atoms with E-state index in [4.69, 9.17) is 0 Å². The highest BCUT2D eigenvalue weighted by Crippen LogP contribution is 2.26. The number of carbonyl (C=O) groups excluding carboxylic acids is 1. The Balaban J connectivity index is 2.12. The zero-order valence-corrected chi connectivity index (χ0v) is 10.3. The minimum Gasteiger partial charge on any atom is -0.361 e. The van der Waals surface area contributed by atoms with Crippen LogP contribution < -0.4 is 0 Å². The van der Waals surface area contributed by atoms with Gasteiger partial charge in [0.1, 0.15) is 5.82 Å². The SMILES string of the molecule is CC(=O)c1ccc(-c2cc3cc[nH]c3cc2F)nc1.